The summed E-state index contributed by atoms with van der Waals surface area (Å²) in [4.78, 5) is 11.3. The summed E-state index contributed by atoms with van der Waals surface area (Å²) in [5.74, 6) is -0.603. The van der Waals surface area contributed by atoms with Gasteiger partial charge in [0.15, 0.2) is 11.5 Å². The lowest BCUT2D eigenvalue weighted by Crippen LogP contribution is -2.04. The number of nitrogens with one attached hydrogen (secondary N) is 1. The number of phenols is 1. The molecular formula is C10H13NO4. The monoisotopic (exact) mass is 211 g/mol. The van der Waals surface area contributed by atoms with Crippen LogP contribution >= 0.6 is 0 Å². The maximum atomic E-state index is 11.3. The third kappa shape index (κ3) is 2.12. The number of carbonyl (C=O) groups is 1. The van der Waals surface area contributed by atoms with E-state index < -0.39 is 5.97 Å². The molecule has 0 radical (unpaired) electrons. The highest BCUT2D eigenvalue weighted by atomic mass is 16.5. The van der Waals surface area contributed by atoms with Crippen molar-refractivity contribution in [1.82, 2.24) is 0 Å². The van der Waals surface area contributed by atoms with Crippen LogP contribution in [0.25, 0.3) is 0 Å². The molecule has 0 aromatic heterocycles. The van der Waals surface area contributed by atoms with Crippen molar-refractivity contribution in [3.05, 3.63) is 17.7 Å². The van der Waals surface area contributed by atoms with Gasteiger partial charge in [0.25, 0.3) is 0 Å². The first-order valence-corrected chi connectivity index (χ1v) is 4.31. The van der Waals surface area contributed by atoms with E-state index in [1.54, 1.807) is 13.1 Å². The number of esters is 1. The predicted molar refractivity (Wildman–Crippen MR) is 55.5 cm³/mol. The highest BCUT2D eigenvalue weighted by Crippen LogP contribution is 2.33. The molecule has 0 atom stereocenters. The zero-order valence-corrected chi connectivity index (χ0v) is 8.83. The summed E-state index contributed by atoms with van der Waals surface area (Å²) in [6, 6.07) is 3.07. The molecule has 82 valence electrons. The Morgan fingerprint density at radius 2 is 2.07 bits per heavy atom. The number of carbonyl (C=O) groups excluding carboxylic acids is 1. The van der Waals surface area contributed by atoms with E-state index in [2.05, 4.69) is 10.1 Å². The molecule has 1 rings (SSSR count). The van der Waals surface area contributed by atoms with Crippen LogP contribution in [0.1, 0.15) is 10.4 Å². The molecule has 0 amide bonds. The molecular weight excluding hydrogens is 198 g/mol. The number of hydrogen-bond acceptors (Lipinski definition) is 5. The SMILES string of the molecule is CNc1cc(OC)c(O)c(C(=O)OC)c1. The summed E-state index contributed by atoms with van der Waals surface area (Å²) in [5.41, 5.74) is 0.728. The summed E-state index contributed by atoms with van der Waals surface area (Å²) in [6.07, 6.45) is 0. The second-order valence-electron chi connectivity index (χ2n) is 2.82. The minimum absolute atomic E-state index is 0.0706. The molecule has 0 aliphatic carbocycles. The Labute approximate surface area is 87.6 Å². The van der Waals surface area contributed by atoms with Gasteiger partial charge in [0, 0.05) is 18.8 Å². The summed E-state index contributed by atoms with van der Waals surface area (Å²) in [5, 5.41) is 12.5. The van der Waals surface area contributed by atoms with E-state index in [0.29, 0.717) is 5.69 Å². The van der Waals surface area contributed by atoms with Crippen molar-refractivity contribution in [3.8, 4) is 11.5 Å². The maximum Gasteiger partial charge on any atom is 0.341 e. The van der Waals surface area contributed by atoms with Crippen molar-refractivity contribution in [1.29, 1.82) is 0 Å². The van der Waals surface area contributed by atoms with Crippen LogP contribution in [-0.2, 0) is 4.74 Å². The van der Waals surface area contributed by atoms with Gasteiger partial charge in [-0.25, -0.2) is 4.79 Å². The van der Waals surface area contributed by atoms with Gasteiger partial charge in [-0.05, 0) is 6.07 Å². The van der Waals surface area contributed by atoms with Crippen molar-refractivity contribution in [3.63, 3.8) is 0 Å². The van der Waals surface area contributed by atoms with Crippen molar-refractivity contribution < 1.29 is 19.4 Å². The zero-order valence-electron chi connectivity index (χ0n) is 8.83. The number of aromatic hydroxyl groups is 1. The minimum atomic E-state index is -0.608. The number of phenolic OH excluding ortho intramolecular Hbond substituents is 1. The van der Waals surface area contributed by atoms with Crippen molar-refractivity contribution >= 4 is 11.7 Å². The largest absolute Gasteiger partial charge is 0.504 e. The van der Waals surface area contributed by atoms with E-state index in [4.69, 9.17) is 4.74 Å². The van der Waals surface area contributed by atoms with Crippen molar-refractivity contribution in [2.45, 2.75) is 0 Å². The van der Waals surface area contributed by atoms with Crippen LogP contribution in [0.3, 0.4) is 0 Å². The fourth-order valence-corrected chi connectivity index (χ4v) is 1.17. The molecule has 15 heavy (non-hydrogen) atoms. The van der Waals surface area contributed by atoms with E-state index in [-0.39, 0.29) is 17.1 Å². The van der Waals surface area contributed by atoms with Gasteiger partial charge < -0.3 is 19.9 Å². The highest BCUT2D eigenvalue weighted by Gasteiger charge is 2.16. The first kappa shape index (κ1) is 11.2. The second-order valence-corrected chi connectivity index (χ2v) is 2.82. The van der Waals surface area contributed by atoms with Crippen LogP contribution < -0.4 is 10.1 Å². The number of ether oxygens (including phenoxy) is 2. The smallest absolute Gasteiger partial charge is 0.341 e. The Bertz CT molecular complexity index is 376. The standard InChI is InChI=1S/C10H13NO4/c1-11-6-4-7(10(13)15-3)9(12)8(5-6)14-2/h4-5,11-12H,1-3H3. The molecule has 2 N–H and O–H groups in total. The normalized spacial score (nSPS) is 9.53. The number of rotatable bonds is 3. The van der Waals surface area contributed by atoms with Crippen LogP contribution in [0, 0.1) is 0 Å². The molecule has 0 aliphatic heterocycles. The third-order valence-electron chi connectivity index (χ3n) is 1.99. The number of benzene rings is 1. The van der Waals surface area contributed by atoms with Gasteiger partial charge in [0.05, 0.1) is 14.2 Å². The van der Waals surface area contributed by atoms with Gasteiger partial charge in [-0.1, -0.05) is 0 Å². The quantitative estimate of drug-likeness (QED) is 0.581. The van der Waals surface area contributed by atoms with Crippen LogP contribution in [0.5, 0.6) is 11.5 Å². The highest BCUT2D eigenvalue weighted by molar-refractivity contribution is 5.94. The third-order valence-corrected chi connectivity index (χ3v) is 1.99. The molecule has 0 unspecified atom stereocenters. The molecule has 0 saturated heterocycles. The van der Waals surface area contributed by atoms with E-state index in [0.717, 1.165) is 0 Å². The van der Waals surface area contributed by atoms with E-state index in [1.165, 1.54) is 20.3 Å². The minimum Gasteiger partial charge on any atom is -0.504 e. The van der Waals surface area contributed by atoms with Gasteiger partial charge in [0.1, 0.15) is 5.56 Å². The Hall–Kier alpha value is -1.91. The number of hydrogen-bond donors (Lipinski definition) is 2. The summed E-state index contributed by atoms with van der Waals surface area (Å²) in [7, 11) is 4.36. The first-order chi connectivity index (χ1) is 7.13. The van der Waals surface area contributed by atoms with E-state index >= 15 is 0 Å². The summed E-state index contributed by atoms with van der Waals surface area (Å²) >= 11 is 0. The average molecular weight is 211 g/mol. The Balaban J connectivity index is 3.30. The number of anilines is 1. The molecule has 5 heteroatoms. The van der Waals surface area contributed by atoms with E-state index in [1.807, 2.05) is 0 Å². The Morgan fingerprint density at radius 3 is 2.53 bits per heavy atom. The lowest BCUT2D eigenvalue weighted by atomic mass is 10.1. The molecule has 1 aromatic rings. The Morgan fingerprint density at radius 1 is 1.40 bits per heavy atom. The van der Waals surface area contributed by atoms with Crippen LogP contribution in [-0.4, -0.2) is 32.3 Å². The maximum absolute atomic E-state index is 11.3. The van der Waals surface area contributed by atoms with Gasteiger partial charge in [-0.15, -0.1) is 0 Å². The van der Waals surface area contributed by atoms with Gasteiger partial charge >= 0.3 is 5.97 Å². The molecule has 5 nitrogen and oxygen atoms in total. The lowest BCUT2D eigenvalue weighted by Gasteiger charge is -2.10. The fraction of sp³-hybridized carbons (Fsp3) is 0.300. The van der Waals surface area contributed by atoms with Gasteiger partial charge in [-0.2, -0.15) is 0 Å². The first-order valence-electron chi connectivity index (χ1n) is 4.31. The molecule has 0 bridgehead atoms. The molecule has 0 fully saturated rings. The van der Waals surface area contributed by atoms with Crippen molar-refractivity contribution in [2.75, 3.05) is 26.6 Å². The zero-order chi connectivity index (χ0) is 11.4. The average Bonchev–Trinajstić information content (AvgIpc) is 2.28. The van der Waals surface area contributed by atoms with Crippen LogP contribution in [0.15, 0.2) is 12.1 Å². The van der Waals surface area contributed by atoms with Gasteiger partial charge in [-0.3, -0.25) is 0 Å². The molecule has 0 saturated carbocycles. The molecule has 0 heterocycles. The summed E-state index contributed by atoms with van der Waals surface area (Å²) in [6.45, 7) is 0. The predicted octanol–water partition coefficient (Wildman–Crippen LogP) is 1.23. The van der Waals surface area contributed by atoms with Crippen molar-refractivity contribution in [2.24, 2.45) is 0 Å². The van der Waals surface area contributed by atoms with Gasteiger partial charge in [0.2, 0.25) is 0 Å². The lowest BCUT2D eigenvalue weighted by molar-refractivity contribution is 0.0597. The number of methoxy groups -OCH3 is 2. The topological polar surface area (TPSA) is 67.8 Å². The molecule has 1 aromatic carbocycles. The molecule has 0 aliphatic rings. The van der Waals surface area contributed by atoms with E-state index in [9.17, 15) is 9.90 Å². The fourth-order valence-electron chi connectivity index (χ4n) is 1.17. The Kier molecular flexibility index (Phi) is 3.38. The molecule has 0 spiro atoms. The van der Waals surface area contributed by atoms with Crippen LogP contribution in [0.4, 0.5) is 5.69 Å². The van der Waals surface area contributed by atoms with Crippen LogP contribution in [0.2, 0.25) is 0 Å². The second kappa shape index (κ2) is 4.54. The summed E-state index contributed by atoms with van der Waals surface area (Å²) < 4.78 is 9.46.